The van der Waals surface area contributed by atoms with Gasteiger partial charge < -0.3 is 16.4 Å². The molecule has 0 saturated carbocycles. The molecule has 2 rings (SSSR count). The van der Waals surface area contributed by atoms with Crippen molar-refractivity contribution < 1.29 is 9.59 Å². The van der Waals surface area contributed by atoms with Gasteiger partial charge in [0, 0.05) is 19.0 Å². The number of hydrogen-bond acceptors (Lipinski definition) is 3. The molecule has 2 atom stereocenters. The molecule has 1 saturated heterocycles. The van der Waals surface area contributed by atoms with Crippen LogP contribution in [0, 0.1) is 5.92 Å². The lowest BCUT2D eigenvalue weighted by Crippen LogP contribution is -2.32. The van der Waals surface area contributed by atoms with Crippen molar-refractivity contribution in [3.05, 3.63) is 35.9 Å². The van der Waals surface area contributed by atoms with Crippen molar-refractivity contribution in [1.29, 1.82) is 0 Å². The Morgan fingerprint density at radius 2 is 1.85 bits per heavy atom. The van der Waals surface area contributed by atoms with E-state index in [1.807, 2.05) is 18.2 Å². The van der Waals surface area contributed by atoms with Gasteiger partial charge in [0.1, 0.15) is 6.42 Å². The Morgan fingerprint density at radius 1 is 1.20 bits per heavy atom. The number of carbonyl (C=O) groups excluding carboxylic acids is 2. The lowest BCUT2D eigenvalue weighted by atomic mass is 9.89. The third-order valence-electron chi connectivity index (χ3n) is 3.65. The van der Waals surface area contributed by atoms with Crippen molar-refractivity contribution in [3.63, 3.8) is 0 Å². The predicted octanol–water partition coefficient (Wildman–Crippen LogP) is 0.485. The van der Waals surface area contributed by atoms with E-state index < -0.39 is 5.91 Å². The van der Waals surface area contributed by atoms with Gasteiger partial charge in [-0.05, 0) is 18.0 Å². The monoisotopic (exact) mass is 297 g/mol. The Balaban J connectivity index is 0.00000200. The minimum Gasteiger partial charge on any atom is -0.369 e. The standard InChI is InChI=1S/C14H19N3O2.ClH/c15-7-11-8-17(14(19)6-13(16)18)9-12(11)10-4-2-1-3-5-10;/h1-5,11-12H,6-9,15H2,(H2,16,18);1H/t11-,12+;/m1./s1. The Bertz CT molecular complexity index is 467. The zero-order valence-corrected chi connectivity index (χ0v) is 12.0. The molecule has 0 aromatic heterocycles. The summed E-state index contributed by atoms with van der Waals surface area (Å²) in [4.78, 5) is 24.4. The van der Waals surface area contributed by atoms with Gasteiger partial charge in [-0.1, -0.05) is 30.3 Å². The summed E-state index contributed by atoms with van der Waals surface area (Å²) >= 11 is 0. The fourth-order valence-corrected chi connectivity index (χ4v) is 2.65. The van der Waals surface area contributed by atoms with Crippen LogP contribution in [0.25, 0.3) is 0 Å². The van der Waals surface area contributed by atoms with Crippen molar-refractivity contribution in [2.75, 3.05) is 19.6 Å². The van der Waals surface area contributed by atoms with E-state index in [9.17, 15) is 9.59 Å². The van der Waals surface area contributed by atoms with Crippen LogP contribution >= 0.6 is 12.4 Å². The summed E-state index contributed by atoms with van der Waals surface area (Å²) in [5.74, 6) is -0.316. The molecule has 1 aliphatic heterocycles. The fourth-order valence-electron chi connectivity index (χ4n) is 2.65. The number of hydrogen-bond donors (Lipinski definition) is 2. The third-order valence-corrected chi connectivity index (χ3v) is 3.65. The second-order valence-electron chi connectivity index (χ2n) is 4.95. The molecule has 0 unspecified atom stereocenters. The second-order valence-corrected chi connectivity index (χ2v) is 4.95. The van der Waals surface area contributed by atoms with Crippen LogP contribution < -0.4 is 11.5 Å². The predicted molar refractivity (Wildman–Crippen MR) is 79.4 cm³/mol. The van der Waals surface area contributed by atoms with Gasteiger partial charge in [-0.2, -0.15) is 0 Å². The summed E-state index contributed by atoms with van der Waals surface area (Å²) < 4.78 is 0. The minimum absolute atomic E-state index is 0. The molecule has 1 heterocycles. The Kier molecular flexibility index (Phi) is 5.98. The highest BCUT2D eigenvalue weighted by Gasteiger charge is 2.35. The average Bonchev–Trinajstić information content (AvgIpc) is 2.83. The Morgan fingerprint density at radius 3 is 2.40 bits per heavy atom. The van der Waals surface area contributed by atoms with Crippen LogP contribution in [0.2, 0.25) is 0 Å². The SMILES string of the molecule is Cl.NC[C@@H]1CN(C(=O)CC(N)=O)C[C@H]1c1ccccc1. The van der Waals surface area contributed by atoms with E-state index in [2.05, 4.69) is 12.1 Å². The van der Waals surface area contributed by atoms with Crippen molar-refractivity contribution in [3.8, 4) is 0 Å². The molecular formula is C14H20ClN3O2. The van der Waals surface area contributed by atoms with Crippen LogP contribution in [0.5, 0.6) is 0 Å². The lowest BCUT2D eigenvalue weighted by molar-refractivity contribution is -0.134. The van der Waals surface area contributed by atoms with E-state index >= 15 is 0 Å². The molecule has 0 radical (unpaired) electrons. The first-order valence-corrected chi connectivity index (χ1v) is 6.43. The van der Waals surface area contributed by atoms with Gasteiger partial charge >= 0.3 is 0 Å². The molecule has 0 aliphatic carbocycles. The number of primary amides is 1. The first-order chi connectivity index (χ1) is 9.11. The summed E-state index contributed by atoms with van der Waals surface area (Å²) in [5.41, 5.74) is 12.0. The summed E-state index contributed by atoms with van der Waals surface area (Å²) in [6, 6.07) is 10.0. The zero-order chi connectivity index (χ0) is 13.8. The maximum absolute atomic E-state index is 11.9. The molecule has 0 bridgehead atoms. The van der Waals surface area contributed by atoms with Crippen LogP contribution in [-0.2, 0) is 9.59 Å². The molecule has 110 valence electrons. The number of carbonyl (C=O) groups is 2. The van der Waals surface area contributed by atoms with Gasteiger partial charge in [0.2, 0.25) is 11.8 Å². The van der Waals surface area contributed by atoms with E-state index in [4.69, 9.17) is 11.5 Å². The van der Waals surface area contributed by atoms with Crippen molar-refractivity contribution in [2.24, 2.45) is 17.4 Å². The highest BCUT2D eigenvalue weighted by Crippen LogP contribution is 2.32. The van der Waals surface area contributed by atoms with Gasteiger partial charge in [-0.3, -0.25) is 9.59 Å². The Labute approximate surface area is 124 Å². The number of likely N-dealkylation sites (tertiary alicyclic amines) is 1. The molecule has 20 heavy (non-hydrogen) atoms. The minimum atomic E-state index is -0.586. The Hall–Kier alpha value is -1.59. The van der Waals surface area contributed by atoms with E-state index in [0.29, 0.717) is 19.6 Å². The fraction of sp³-hybridized carbons (Fsp3) is 0.429. The van der Waals surface area contributed by atoms with Gasteiger partial charge in [0.05, 0.1) is 0 Å². The summed E-state index contributed by atoms with van der Waals surface area (Å²) in [6.45, 7) is 1.74. The number of benzene rings is 1. The number of nitrogens with two attached hydrogens (primary N) is 2. The van der Waals surface area contributed by atoms with Crippen molar-refractivity contribution in [2.45, 2.75) is 12.3 Å². The van der Waals surface area contributed by atoms with E-state index in [0.717, 1.165) is 0 Å². The number of rotatable bonds is 4. The number of amides is 2. The maximum Gasteiger partial charge on any atom is 0.232 e. The zero-order valence-electron chi connectivity index (χ0n) is 11.2. The summed E-state index contributed by atoms with van der Waals surface area (Å²) in [6.07, 6.45) is -0.223. The van der Waals surface area contributed by atoms with E-state index in [-0.39, 0.29) is 36.6 Å². The quantitative estimate of drug-likeness (QED) is 0.792. The largest absolute Gasteiger partial charge is 0.369 e. The molecular weight excluding hydrogens is 278 g/mol. The van der Waals surface area contributed by atoms with Crippen molar-refractivity contribution >= 4 is 24.2 Å². The van der Waals surface area contributed by atoms with Gasteiger partial charge in [0.25, 0.3) is 0 Å². The molecule has 0 spiro atoms. The lowest BCUT2D eigenvalue weighted by Gasteiger charge is -2.16. The van der Waals surface area contributed by atoms with E-state index in [1.165, 1.54) is 5.56 Å². The molecule has 1 fully saturated rings. The van der Waals surface area contributed by atoms with Crippen LogP contribution in [-0.4, -0.2) is 36.3 Å². The average molecular weight is 298 g/mol. The maximum atomic E-state index is 11.9. The highest BCUT2D eigenvalue weighted by atomic mass is 35.5. The highest BCUT2D eigenvalue weighted by molar-refractivity contribution is 5.96. The molecule has 2 amide bonds. The normalized spacial score (nSPS) is 21.4. The third kappa shape index (κ3) is 3.71. The number of halogens is 1. The van der Waals surface area contributed by atoms with E-state index in [1.54, 1.807) is 4.90 Å². The first-order valence-electron chi connectivity index (χ1n) is 6.43. The van der Waals surface area contributed by atoms with Crippen LogP contribution in [0.4, 0.5) is 0 Å². The van der Waals surface area contributed by atoms with Gasteiger partial charge in [0.15, 0.2) is 0 Å². The first kappa shape index (κ1) is 16.5. The number of nitrogens with zero attached hydrogens (tertiary/aromatic N) is 1. The molecule has 6 heteroatoms. The molecule has 4 N–H and O–H groups in total. The van der Waals surface area contributed by atoms with Gasteiger partial charge in [-0.15, -0.1) is 12.4 Å². The van der Waals surface area contributed by atoms with Crippen LogP contribution in [0.3, 0.4) is 0 Å². The summed E-state index contributed by atoms with van der Waals surface area (Å²) in [7, 11) is 0. The van der Waals surface area contributed by atoms with Gasteiger partial charge in [-0.25, -0.2) is 0 Å². The topological polar surface area (TPSA) is 89.4 Å². The summed E-state index contributed by atoms with van der Waals surface area (Å²) in [5, 5.41) is 0. The molecule has 1 aromatic rings. The molecule has 1 aromatic carbocycles. The van der Waals surface area contributed by atoms with Crippen LogP contribution in [0.15, 0.2) is 30.3 Å². The van der Waals surface area contributed by atoms with Crippen molar-refractivity contribution in [1.82, 2.24) is 4.90 Å². The molecule has 1 aliphatic rings. The molecule has 5 nitrogen and oxygen atoms in total. The van der Waals surface area contributed by atoms with Crippen LogP contribution in [0.1, 0.15) is 17.9 Å². The smallest absolute Gasteiger partial charge is 0.232 e. The second kappa shape index (κ2) is 7.26.